The minimum atomic E-state index is -0.717. The van der Waals surface area contributed by atoms with E-state index in [4.69, 9.17) is 0 Å². The lowest BCUT2D eigenvalue weighted by Crippen LogP contribution is -2.43. The molecular formula is C46H56N6O6. The van der Waals surface area contributed by atoms with Gasteiger partial charge in [0.2, 0.25) is 23.6 Å². The second-order valence-corrected chi connectivity index (χ2v) is 16.4. The van der Waals surface area contributed by atoms with Gasteiger partial charge in [-0.2, -0.15) is 0 Å². The number of nitrogens with one attached hydrogen (secondary N) is 4. The molecule has 8 atom stereocenters. The summed E-state index contributed by atoms with van der Waals surface area (Å²) in [4.78, 5) is 85.0. The van der Waals surface area contributed by atoms with E-state index in [0.29, 0.717) is 24.2 Å². The largest absolute Gasteiger partial charge is 0.356 e. The topological polar surface area (TPSA) is 157 Å². The fourth-order valence-electron chi connectivity index (χ4n) is 8.59. The Morgan fingerprint density at radius 1 is 0.500 bits per heavy atom. The summed E-state index contributed by atoms with van der Waals surface area (Å²) in [6, 6.07) is 26.4. The highest BCUT2D eigenvalue weighted by Gasteiger charge is 2.49. The molecule has 0 spiro atoms. The number of rotatable bonds is 16. The number of carbonyl (C=O) groups is 6. The van der Waals surface area contributed by atoms with Crippen molar-refractivity contribution >= 4 is 35.4 Å². The lowest BCUT2D eigenvalue weighted by Gasteiger charge is -2.18. The Morgan fingerprint density at radius 2 is 0.845 bits per heavy atom. The molecule has 7 rings (SSSR count). The molecule has 2 heterocycles. The number of hydrogen-bond acceptors (Lipinski definition) is 6. The van der Waals surface area contributed by atoms with Crippen molar-refractivity contribution in [3.8, 4) is 0 Å². The van der Waals surface area contributed by atoms with Crippen LogP contribution in [0.25, 0.3) is 0 Å². The van der Waals surface area contributed by atoms with Crippen molar-refractivity contribution in [2.24, 2.45) is 23.7 Å². The van der Waals surface area contributed by atoms with E-state index in [2.05, 4.69) is 45.5 Å². The molecular weight excluding hydrogens is 733 g/mol. The Labute approximate surface area is 340 Å². The molecule has 2 aliphatic heterocycles. The van der Waals surface area contributed by atoms with Gasteiger partial charge < -0.3 is 31.1 Å². The first-order chi connectivity index (χ1) is 28.2. The average molecular weight is 789 g/mol. The van der Waals surface area contributed by atoms with Gasteiger partial charge in [0, 0.05) is 74.3 Å². The molecule has 3 aromatic rings. The number of hydrogen-bond donors (Lipinski definition) is 4. The smallest absolute Gasteiger partial charge is 0.253 e. The molecule has 58 heavy (non-hydrogen) atoms. The quantitative estimate of drug-likeness (QED) is 0.159. The van der Waals surface area contributed by atoms with Crippen LogP contribution in [0.3, 0.4) is 0 Å². The monoisotopic (exact) mass is 788 g/mol. The van der Waals surface area contributed by atoms with Gasteiger partial charge in [-0.05, 0) is 61.1 Å². The van der Waals surface area contributed by atoms with Crippen molar-refractivity contribution in [3.05, 3.63) is 107 Å². The summed E-state index contributed by atoms with van der Waals surface area (Å²) < 4.78 is 0. The number of nitrogens with zero attached hydrogens (tertiary/aromatic N) is 2. The van der Waals surface area contributed by atoms with Crippen LogP contribution in [0, 0.1) is 23.7 Å². The molecule has 4 fully saturated rings. The van der Waals surface area contributed by atoms with Crippen molar-refractivity contribution in [3.63, 3.8) is 0 Å². The predicted molar refractivity (Wildman–Crippen MR) is 220 cm³/mol. The molecule has 0 radical (unpaired) electrons. The van der Waals surface area contributed by atoms with E-state index < -0.39 is 23.7 Å². The Kier molecular flexibility index (Phi) is 12.9. The molecule has 2 saturated carbocycles. The third-order valence-corrected chi connectivity index (χ3v) is 12.3. The van der Waals surface area contributed by atoms with Crippen LogP contribution in [0.5, 0.6) is 0 Å². The molecule has 4 aliphatic rings. The summed E-state index contributed by atoms with van der Waals surface area (Å²) in [7, 11) is 0. The average Bonchev–Trinajstić information content (AvgIpc) is 4.09. The van der Waals surface area contributed by atoms with Crippen molar-refractivity contribution in [2.45, 2.75) is 76.3 Å². The number of benzene rings is 3. The first-order valence-corrected chi connectivity index (χ1v) is 21.1. The Balaban J connectivity index is 1.01. The van der Waals surface area contributed by atoms with Gasteiger partial charge in [-0.15, -0.1) is 0 Å². The number of amides is 6. The molecule has 12 nitrogen and oxygen atoms in total. The second-order valence-electron chi connectivity index (χ2n) is 16.4. The van der Waals surface area contributed by atoms with E-state index in [0.717, 1.165) is 49.7 Å². The zero-order valence-corrected chi connectivity index (χ0v) is 33.5. The van der Waals surface area contributed by atoms with Gasteiger partial charge in [0.25, 0.3) is 11.8 Å². The minimum absolute atomic E-state index is 0.0219. The molecule has 0 bridgehead atoms. The van der Waals surface area contributed by atoms with Gasteiger partial charge in [-0.3, -0.25) is 28.8 Å². The van der Waals surface area contributed by atoms with E-state index in [1.165, 1.54) is 0 Å². The third kappa shape index (κ3) is 9.43. The molecule has 306 valence electrons. The number of carbonyl (C=O) groups excluding carboxylic acids is 6. The summed E-state index contributed by atoms with van der Waals surface area (Å²) >= 11 is 0. The van der Waals surface area contributed by atoms with Gasteiger partial charge in [0.1, 0.15) is 0 Å². The van der Waals surface area contributed by atoms with Crippen LogP contribution in [0.1, 0.15) is 96.1 Å². The van der Waals surface area contributed by atoms with Gasteiger partial charge in [0.15, 0.2) is 0 Å². The molecule has 3 aromatic carbocycles. The first kappa shape index (κ1) is 40.7. The van der Waals surface area contributed by atoms with Crippen LogP contribution < -0.4 is 21.3 Å². The van der Waals surface area contributed by atoms with Gasteiger partial charge in [-0.25, -0.2) is 0 Å². The fourth-order valence-corrected chi connectivity index (χ4v) is 8.59. The van der Waals surface area contributed by atoms with E-state index in [1.807, 2.05) is 50.2 Å². The summed E-state index contributed by atoms with van der Waals surface area (Å²) in [5.74, 6) is -3.89. The molecule has 2 aliphatic carbocycles. The molecule has 0 unspecified atom stereocenters. The van der Waals surface area contributed by atoms with Crippen LogP contribution >= 0.6 is 0 Å². The number of unbranched alkanes of at least 4 members (excludes halogenated alkanes) is 2. The fraction of sp³-hybridized carbons (Fsp3) is 0.478. The SMILES string of the molecule is CCCCNC(=O)[C@@H]1CN(C(=O)c2ccc(C(=O)N3C[C@@H](C(=O)N[C@H]4C[C@@H]4c4ccccc4)[C@H](C(=O)N[C@H]4C[C@@H]4c4ccccc4)C3)cc2)C[C@H]1C(=O)NCCCC. The van der Waals surface area contributed by atoms with Crippen molar-refractivity contribution < 1.29 is 28.8 Å². The van der Waals surface area contributed by atoms with Crippen molar-refractivity contribution in [1.29, 1.82) is 0 Å². The van der Waals surface area contributed by atoms with E-state index in [9.17, 15) is 28.8 Å². The Hall–Kier alpha value is -5.52. The van der Waals surface area contributed by atoms with Crippen molar-refractivity contribution in [1.82, 2.24) is 31.1 Å². The maximum Gasteiger partial charge on any atom is 0.253 e. The molecule has 12 heteroatoms. The lowest BCUT2D eigenvalue weighted by molar-refractivity contribution is -0.133. The molecule has 4 N–H and O–H groups in total. The van der Waals surface area contributed by atoms with Crippen LogP contribution in [0.2, 0.25) is 0 Å². The zero-order valence-electron chi connectivity index (χ0n) is 33.5. The van der Waals surface area contributed by atoms with Crippen LogP contribution in [0.15, 0.2) is 84.9 Å². The third-order valence-electron chi connectivity index (χ3n) is 12.3. The Bertz CT molecular complexity index is 1850. The predicted octanol–water partition coefficient (Wildman–Crippen LogP) is 4.24. The summed E-state index contributed by atoms with van der Waals surface area (Å²) in [6.07, 6.45) is 5.14. The Morgan fingerprint density at radius 3 is 1.19 bits per heavy atom. The first-order valence-electron chi connectivity index (χ1n) is 21.1. The van der Waals surface area contributed by atoms with E-state index >= 15 is 0 Å². The molecule has 6 amide bonds. The maximum absolute atomic E-state index is 14.0. The van der Waals surface area contributed by atoms with Crippen LogP contribution in [0.4, 0.5) is 0 Å². The summed E-state index contributed by atoms with van der Waals surface area (Å²) in [6.45, 7) is 5.51. The highest BCUT2D eigenvalue weighted by molar-refractivity contribution is 6.00. The second kappa shape index (κ2) is 18.4. The van der Waals surface area contributed by atoms with Crippen LogP contribution in [-0.2, 0) is 19.2 Å². The van der Waals surface area contributed by atoms with Gasteiger partial charge in [-0.1, -0.05) is 87.4 Å². The minimum Gasteiger partial charge on any atom is -0.356 e. The lowest BCUT2D eigenvalue weighted by atomic mass is 9.94. The molecule has 2 saturated heterocycles. The van der Waals surface area contributed by atoms with E-state index in [-0.39, 0.29) is 85.5 Å². The summed E-state index contributed by atoms with van der Waals surface area (Å²) in [5.41, 5.74) is 2.99. The zero-order chi connectivity index (χ0) is 40.8. The van der Waals surface area contributed by atoms with Gasteiger partial charge in [0.05, 0.1) is 23.7 Å². The maximum atomic E-state index is 14.0. The van der Waals surface area contributed by atoms with Crippen molar-refractivity contribution in [2.75, 3.05) is 39.3 Å². The molecule has 0 aromatic heterocycles. The van der Waals surface area contributed by atoms with Gasteiger partial charge >= 0.3 is 0 Å². The number of likely N-dealkylation sites (tertiary alicyclic amines) is 2. The van der Waals surface area contributed by atoms with Crippen LogP contribution in [-0.4, -0.2) is 96.6 Å². The highest BCUT2D eigenvalue weighted by Crippen LogP contribution is 2.42. The van der Waals surface area contributed by atoms with E-state index in [1.54, 1.807) is 34.1 Å². The summed E-state index contributed by atoms with van der Waals surface area (Å²) in [5, 5.41) is 12.2. The highest BCUT2D eigenvalue weighted by atomic mass is 16.2. The standard InChI is InChI=1S/C46H56N6O6/c1-3-5-21-47-41(53)35-25-51(26-36(35)42(54)48-22-6-4-2)45(57)31-17-19-32(20-18-31)46(58)52-27-37(43(55)49-39-23-33(39)29-13-9-7-10-14-29)38(28-52)44(56)50-40-24-34(40)30-15-11-8-12-16-30/h7-20,33-40H,3-6,21-28H2,1-2H3,(H,47,53)(H,48,54)(H,49,55)(H,50,56)/t33-,34-,35-,36-,37-,38-,39+,40+/m1/s1. The normalized spacial score (nSPS) is 25.8.